The van der Waals surface area contributed by atoms with Gasteiger partial charge in [0, 0.05) is 24.4 Å². The van der Waals surface area contributed by atoms with Gasteiger partial charge in [0.1, 0.15) is 0 Å². The number of para-hydroxylation sites is 1. The van der Waals surface area contributed by atoms with Crippen LogP contribution in [0.4, 0.5) is 0 Å². The molecule has 0 saturated carbocycles. The Morgan fingerprint density at radius 3 is 2.56 bits per heavy atom. The number of carbonyl (C=O) groups is 1. The Hall–Kier alpha value is -2.39. The van der Waals surface area contributed by atoms with E-state index in [-0.39, 0.29) is 5.91 Å². The Morgan fingerprint density at radius 2 is 1.84 bits per heavy atom. The van der Waals surface area contributed by atoms with Gasteiger partial charge < -0.3 is 5.32 Å². The zero-order valence-corrected chi connectivity index (χ0v) is 15.2. The molecule has 0 aliphatic heterocycles. The molecule has 0 saturated heterocycles. The van der Waals surface area contributed by atoms with Crippen LogP contribution < -0.4 is 5.32 Å². The molecule has 25 heavy (non-hydrogen) atoms. The molecule has 2 aromatic carbocycles. The average molecular weight is 353 g/mol. The Bertz CT molecular complexity index is 904. The molecule has 0 unspecified atom stereocenters. The average Bonchev–Trinajstić information content (AvgIpc) is 2.62. The summed E-state index contributed by atoms with van der Waals surface area (Å²) in [5.41, 5.74) is 5.09. The summed E-state index contributed by atoms with van der Waals surface area (Å²) in [6.07, 6.45) is 1.85. The van der Waals surface area contributed by atoms with Crippen molar-refractivity contribution >= 4 is 28.4 Å². The maximum atomic E-state index is 10.9. The molecule has 0 radical (unpaired) electrons. The molecule has 1 amide bonds. The molecule has 0 atom stereocenters. The van der Waals surface area contributed by atoms with Crippen molar-refractivity contribution in [3.8, 4) is 11.3 Å². The molecule has 1 aromatic heterocycles. The van der Waals surface area contributed by atoms with Crippen molar-refractivity contribution < 1.29 is 4.79 Å². The van der Waals surface area contributed by atoms with Crippen LogP contribution in [0.2, 0.25) is 5.02 Å². The fourth-order valence-corrected chi connectivity index (χ4v) is 3.18. The fraction of sp³-hybridized carbons (Fsp3) is 0.238. The highest BCUT2D eigenvalue weighted by atomic mass is 35.5. The van der Waals surface area contributed by atoms with E-state index >= 15 is 0 Å². The standard InChI is InChI=1S/C21H21ClN2O/c1-14-18-7-3-4-8-19(18)24-21(20(14)22)17-11-9-16(10-12-17)6-5-13-23-15(2)25/h3-4,7-12H,5-6,13H2,1-2H3,(H,23,25). The van der Waals surface area contributed by atoms with Crippen molar-refractivity contribution in [1.82, 2.24) is 10.3 Å². The van der Waals surface area contributed by atoms with Gasteiger partial charge in [-0.2, -0.15) is 0 Å². The number of nitrogens with one attached hydrogen (secondary N) is 1. The van der Waals surface area contributed by atoms with Crippen LogP contribution in [0, 0.1) is 6.92 Å². The quantitative estimate of drug-likeness (QED) is 0.661. The van der Waals surface area contributed by atoms with E-state index in [1.807, 2.05) is 31.2 Å². The van der Waals surface area contributed by atoms with E-state index in [9.17, 15) is 4.79 Å². The summed E-state index contributed by atoms with van der Waals surface area (Å²) in [7, 11) is 0. The van der Waals surface area contributed by atoms with Crippen LogP contribution in [-0.2, 0) is 11.2 Å². The SMILES string of the molecule is CC(=O)NCCCc1ccc(-c2nc3ccccc3c(C)c2Cl)cc1. The molecule has 3 aromatic rings. The number of amides is 1. The lowest BCUT2D eigenvalue weighted by Gasteiger charge is -2.11. The van der Waals surface area contributed by atoms with E-state index in [0.29, 0.717) is 11.6 Å². The van der Waals surface area contributed by atoms with Crippen LogP contribution in [0.25, 0.3) is 22.2 Å². The predicted octanol–water partition coefficient (Wildman–Crippen LogP) is 4.93. The number of halogens is 1. The topological polar surface area (TPSA) is 42.0 Å². The van der Waals surface area contributed by atoms with Crippen LogP contribution in [-0.4, -0.2) is 17.4 Å². The maximum Gasteiger partial charge on any atom is 0.216 e. The Kier molecular flexibility index (Phi) is 5.34. The zero-order valence-electron chi connectivity index (χ0n) is 14.5. The number of fused-ring (bicyclic) bond motifs is 1. The lowest BCUT2D eigenvalue weighted by atomic mass is 10.0. The van der Waals surface area contributed by atoms with Crippen LogP contribution >= 0.6 is 11.6 Å². The first-order valence-electron chi connectivity index (χ1n) is 8.45. The minimum absolute atomic E-state index is 0.0164. The predicted molar refractivity (Wildman–Crippen MR) is 104 cm³/mol. The third-order valence-corrected chi connectivity index (χ3v) is 4.78. The van der Waals surface area contributed by atoms with Crippen molar-refractivity contribution in [2.24, 2.45) is 0 Å². The van der Waals surface area contributed by atoms with Gasteiger partial charge in [-0.1, -0.05) is 54.1 Å². The molecule has 1 heterocycles. The normalized spacial score (nSPS) is 10.8. The number of rotatable bonds is 5. The smallest absolute Gasteiger partial charge is 0.216 e. The zero-order chi connectivity index (χ0) is 17.8. The number of nitrogens with zero attached hydrogens (tertiary/aromatic N) is 1. The van der Waals surface area contributed by atoms with Crippen LogP contribution in [0.1, 0.15) is 24.5 Å². The van der Waals surface area contributed by atoms with E-state index in [1.54, 1.807) is 0 Å². The summed E-state index contributed by atoms with van der Waals surface area (Å²) >= 11 is 6.58. The van der Waals surface area contributed by atoms with Gasteiger partial charge in [-0.3, -0.25) is 4.79 Å². The largest absolute Gasteiger partial charge is 0.356 e. The van der Waals surface area contributed by atoms with Gasteiger partial charge >= 0.3 is 0 Å². The van der Waals surface area contributed by atoms with Crippen molar-refractivity contribution in [2.75, 3.05) is 6.54 Å². The number of carbonyl (C=O) groups excluding carboxylic acids is 1. The molecule has 0 spiro atoms. The summed E-state index contributed by atoms with van der Waals surface area (Å²) in [5, 5.41) is 4.61. The lowest BCUT2D eigenvalue weighted by Crippen LogP contribution is -2.21. The molecule has 4 heteroatoms. The second kappa shape index (κ2) is 7.66. The van der Waals surface area contributed by atoms with Crippen molar-refractivity contribution in [2.45, 2.75) is 26.7 Å². The summed E-state index contributed by atoms with van der Waals surface area (Å²) in [6.45, 7) is 4.28. The minimum Gasteiger partial charge on any atom is -0.356 e. The minimum atomic E-state index is 0.0164. The lowest BCUT2D eigenvalue weighted by molar-refractivity contribution is -0.118. The van der Waals surface area contributed by atoms with E-state index in [1.165, 1.54) is 12.5 Å². The molecular weight excluding hydrogens is 332 g/mol. The van der Waals surface area contributed by atoms with Crippen molar-refractivity contribution in [3.63, 3.8) is 0 Å². The monoisotopic (exact) mass is 352 g/mol. The molecule has 3 nitrogen and oxygen atoms in total. The molecule has 128 valence electrons. The fourth-order valence-electron chi connectivity index (χ4n) is 2.93. The van der Waals surface area contributed by atoms with Crippen molar-refractivity contribution in [3.05, 3.63) is 64.7 Å². The maximum absolute atomic E-state index is 10.9. The second-order valence-corrected chi connectivity index (χ2v) is 6.58. The van der Waals surface area contributed by atoms with Crippen LogP contribution in [0.15, 0.2) is 48.5 Å². The highest BCUT2D eigenvalue weighted by molar-refractivity contribution is 6.34. The third kappa shape index (κ3) is 3.99. The number of pyridine rings is 1. The summed E-state index contributed by atoms with van der Waals surface area (Å²) in [4.78, 5) is 15.6. The Balaban J connectivity index is 1.81. The first-order valence-corrected chi connectivity index (χ1v) is 8.82. The summed E-state index contributed by atoms with van der Waals surface area (Å²) < 4.78 is 0. The van der Waals surface area contributed by atoms with Gasteiger partial charge in [0.25, 0.3) is 0 Å². The summed E-state index contributed by atoms with van der Waals surface area (Å²) in [6, 6.07) is 16.4. The first-order chi connectivity index (χ1) is 12.1. The molecule has 3 rings (SSSR count). The van der Waals surface area contributed by atoms with Gasteiger partial charge in [-0.15, -0.1) is 0 Å². The summed E-state index contributed by atoms with van der Waals surface area (Å²) in [5.74, 6) is 0.0164. The highest BCUT2D eigenvalue weighted by Crippen LogP contribution is 2.33. The van der Waals surface area contributed by atoms with Gasteiger partial charge in [-0.25, -0.2) is 4.98 Å². The molecule has 0 aliphatic rings. The molecule has 0 bridgehead atoms. The Labute approximate surface area is 153 Å². The number of benzene rings is 2. The number of hydrogen-bond donors (Lipinski definition) is 1. The second-order valence-electron chi connectivity index (χ2n) is 6.20. The number of aryl methyl sites for hydroxylation is 2. The number of hydrogen-bond acceptors (Lipinski definition) is 2. The van der Waals surface area contributed by atoms with E-state index in [2.05, 4.69) is 29.6 Å². The van der Waals surface area contributed by atoms with Crippen LogP contribution in [0.5, 0.6) is 0 Å². The molecule has 0 fully saturated rings. The molecule has 0 aliphatic carbocycles. The Morgan fingerprint density at radius 1 is 1.12 bits per heavy atom. The van der Waals surface area contributed by atoms with Gasteiger partial charge in [-0.05, 0) is 37.0 Å². The first kappa shape index (κ1) is 17.4. The van der Waals surface area contributed by atoms with Gasteiger partial charge in [0.15, 0.2) is 0 Å². The highest BCUT2D eigenvalue weighted by Gasteiger charge is 2.11. The van der Waals surface area contributed by atoms with Crippen molar-refractivity contribution in [1.29, 1.82) is 0 Å². The van der Waals surface area contributed by atoms with Gasteiger partial charge in [0.2, 0.25) is 5.91 Å². The number of aromatic nitrogens is 1. The van der Waals surface area contributed by atoms with E-state index < -0.39 is 0 Å². The third-order valence-electron chi connectivity index (χ3n) is 4.32. The van der Waals surface area contributed by atoms with E-state index in [0.717, 1.165) is 40.6 Å². The van der Waals surface area contributed by atoms with Gasteiger partial charge in [0.05, 0.1) is 16.2 Å². The molecular formula is C21H21ClN2O. The van der Waals surface area contributed by atoms with E-state index in [4.69, 9.17) is 16.6 Å². The molecule has 1 N–H and O–H groups in total. The van der Waals surface area contributed by atoms with Crippen LogP contribution in [0.3, 0.4) is 0 Å².